The van der Waals surface area contributed by atoms with Gasteiger partial charge >= 0.3 is 0 Å². The van der Waals surface area contributed by atoms with Crippen molar-refractivity contribution in [2.24, 2.45) is 5.92 Å². The summed E-state index contributed by atoms with van der Waals surface area (Å²) in [5.41, 5.74) is 1.01. The molecule has 2 unspecified atom stereocenters. The van der Waals surface area contributed by atoms with Crippen molar-refractivity contribution in [3.63, 3.8) is 0 Å². The van der Waals surface area contributed by atoms with Crippen LogP contribution in [-0.2, 0) is 0 Å². The molecule has 90 valence electrons. The predicted molar refractivity (Wildman–Crippen MR) is 71.0 cm³/mol. The minimum absolute atomic E-state index is 0.0844. The van der Waals surface area contributed by atoms with E-state index in [0.29, 0.717) is 5.92 Å². The zero-order valence-electron chi connectivity index (χ0n) is 10.6. The van der Waals surface area contributed by atoms with Gasteiger partial charge in [0.1, 0.15) is 0 Å². The van der Waals surface area contributed by atoms with Gasteiger partial charge in [-0.25, -0.2) is 0 Å². The van der Waals surface area contributed by atoms with Crippen LogP contribution in [0.1, 0.15) is 32.4 Å². The van der Waals surface area contributed by atoms with Crippen molar-refractivity contribution in [1.29, 1.82) is 0 Å². The number of hydrogen-bond donors (Lipinski definition) is 1. The lowest BCUT2D eigenvalue weighted by Crippen LogP contribution is -2.21. The van der Waals surface area contributed by atoms with E-state index in [-0.39, 0.29) is 12.0 Å². The van der Waals surface area contributed by atoms with Crippen LogP contribution in [0.5, 0.6) is 0 Å². The maximum Gasteiger partial charge on any atom is 0.0598 e. The number of aromatic nitrogens is 1. The van der Waals surface area contributed by atoms with Gasteiger partial charge in [-0.15, -0.1) is 0 Å². The normalized spacial score (nSPS) is 15.1. The van der Waals surface area contributed by atoms with Gasteiger partial charge in [0.15, 0.2) is 0 Å². The molecule has 0 spiro atoms. The van der Waals surface area contributed by atoms with Gasteiger partial charge in [-0.1, -0.05) is 38.1 Å². The first-order valence-corrected chi connectivity index (χ1v) is 6.13. The SMILES string of the molecule is CC(C)C(c1nccc2ccccc12)C(C)O. The Morgan fingerprint density at radius 1 is 1.06 bits per heavy atom. The van der Waals surface area contributed by atoms with Crippen LogP contribution in [0, 0.1) is 5.92 Å². The standard InChI is InChI=1S/C15H19NO/c1-10(2)14(11(3)17)15-13-7-5-4-6-12(13)8-9-16-15/h4-11,14,17H,1-3H3. The molecule has 0 amide bonds. The molecule has 0 fully saturated rings. The van der Waals surface area contributed by atoms with Crippen LogP contribution in [0.25, 0.3) is 10.8 Å². The number of hydrogen-bond acceptors (Lipinski definition) is 2. The van der Waals surface area contributed by atoms with Crippen LogP contribution in [0.15, 0.2) is 36.5 Å². The molecule has 2 nitrogen and oxygen atoms in total. The zero-order valence-corrected chi connectivity index (χ0v) is 10.6. The van der Waals surface area contributed by atoms with Crippen molar-refractivity contribution in [2.75, 3.05) is 0 Å². The predicted octanol–water partition coefficient (Wildman–Crippen LogP) is 3.36. The van der Waals surface area contributed by atoms with Crippen LogP contribution in [-0.4, -0.2) is 16.2 Å². The van der Waals surface area contributed by atoms with Crippen LogP contribution in [0.2, 0.25) is 0 Å². The summed E-state index contributed by atoms with van der Waals surface area (Å²) >= 11 is 0. The number of aliphatic hydroxyl groups excluding tert-OH is 1. The molecule has 2 heteroatoms. The third kappa shape index (κ3) is 2.32. The van der Waals surface area contributed by atoms with E-state index in [1.165, 1.54) is 5.39 Å². The molecule has 0 aliphatic heterocycles. The lowest BCUT2D eigenvalue weighted by Gasteiger charge is -2.24. The maximum absolute atomic E-state index is 9.96. The molecule has 2 atom stereocenters. The summed E-state index contributed by atoms with van der Waals surface area (Å²) in [5, 5.41) is 12.3. The second-order valence-corrected chi connectivity index (χ2v) is 4.93. The molecule has 0 saturated carbocycles. The Bertz CT molecular complexity index is 492. The van der Waals surface area contributed by atoms with Gasteiger partial charge in [0.2, 0.25) is 0 Å². The fourth-order valence-corrected chi connectivity index (χ4v) is 2.51. The van der Waals surface area contributed by atoms with Gasteiger partial charge in [0.25, 0.3) is 0 Å². The Kier molecular flexibility index (Phi) is 3.43. The highest BCUT2D eigenvalue weighted by atomic mass is 16.3. The summed E-state index contributed by atoms with van der Waals surface area (Å²) in [5.74, 6) is 0.453. The van der Waals surface area contributed by atoms with Crippen molar-refractivity contribution >= 4 is 10.8 Å². The Labute approximate surface area is 102 Å². The minimum atomic E-state index is -0.381. The molecule has 0 aliphatic rings. The topological polar surface area (TPSA) is 33.1 Å². The largest absolute Gasteiger partial charge is 0.393 e. The van der Waals surface area contributed by atoms with Gasteiger partial charge in [-0.05, 0) is 24.3 Å². The molecule has 2 aromatic rings. The molecule has 1 N–H and O–H groups in total. The van der Waals surface area contributed by atoms with E-state index in [9.17, 15) is 5.11 Å². The fraction of sp³-hybridized carbons (Fsp3) is 0.400. The van der Waals surface area contributed by atoms with E-state index in [1.54, 1.807) is 0 Å². The zero-order chi connectivity index (χ0) is 12.4. The summed E-state index contributed by atoms with van der Waals surface area (Å²) in [6.45, 7) is 6.09. The molecule has 2 rings (SSSR count). The lowest BCUT2D eigenvalue weighted by molar-refractivity contribution is 0.139. The van der Waals surface area contributed by atoms with E-state index in [4.69, 9.17) is 0 Å². The summed E-state index contributed by atoms with van der Waals surface area (Å²) in [7, 11) is 0. The summed E-state index contributed by atoms with van der Waals surface area (Å²) in [6.07, 6.45) is 1.45. The van der Waals surface area contributed by atoms with Gasteiger partial charge in [0.05, 0.1) is 11.8 Å². The van der Waals surface area contributed by atoms with Gasteiger partial charge < -0.3 is 5.11 Å². The van der Waals surface area contributed by atoms with Gasteiger partial charge in [0, 0.05) is 17.5 Å². The second-order valence-electron chi connectivity index (χ2n) is 4.93. The smallest absolute Gasteiger partial charge is 0.0598 e. The van der Waals surface area contributed by atoms with Gasteiger partial charge in [-0.2, -0.15) is 0 Å². The van der Waals surface area contributed by atoms with E-state index in [2.05, 4.69) is 31.0 Å². The first-order chi connectivity index (χ1) is 8.11. The molecule has 17 heavy (non-hydrogen) atoms. The number of aliphatic hydroxyl groups is 1. The molecule has 1 aromatic carbocycles. The number of rotatable bonds is 3. The highest BCUT2D eigenvalue weighted by molar-refractivity contribution is 5.84. The second kappa shape index (κ2) is 4.84. The minimum Gasteiger partial charge on any atom is -0.393 e. The molecule has 1 aromatic heterocycles. The van der Waals surface area contributed by atoms with Crippen LogP contribution < -0.4 is 0 Å². The number of benzene rings is 1. The molecule has 0 bridgehead atoms. The average molecular weight is 229 g/mol. The monoisotopic (exact) mass is 229 g/mol. The molecule has 0 radical (unpaired) electrons. The molecular formula is C15H19NO. The van der Waals surface area contributed by atoms with Gasteiger partial charge in [-0.3, -0.25) is 4.98 Å². The maximum atomic E-state index is 9.96. The Balaban J connectivity index is 2.61. The van der Waals surface area contributed by atoms with Crippen molar-refractivity contribution in [3.05, 3.63) is 42.2 Å². The number of nitrogens with zero attached hydrogens (tertiary/aromatic N) is 1. The fourth-order valence-electron chi connectivity index (χ4n) is 2.51. The van der Waals surface area contributed by atoms with E-state index in [0.717, 1.165) is 11.1 Å². The number of pyridine rings is 1. The van der Waals surface area contributed by atoms with Crippen molar-refractivity contribution < 1.29 is 5.11 Å². The quantitative estimate of drug-likeness (QED) is 0.875. The molecule has 1 heterocycles. The molecule has 0 aliphatic carbocycles. The van der Waals surface area contributed by atoms with Crippen LogP contribution in [0.4, 0.5) is 0 Å². The van der Waals surface area contributed by atoms with E-state index >= 15 is 0 Å². The Morgan fingerprint density at radius 3 is 2.41 bits per heavy atom. The van der Waals surface area contributed by atoms with Crippen molar-refractivity contribution in [2.45, 2.75) is 32.8 Å². The van der Waals surface area contributed by atoms with Crippen molar-refractivity contribution in [1.82, 2.24) is 4.98 Å². The summed E-state index contributed by atoms with van der Waals surface area (Å²) in [4.78, 5) is 4.49. The molecular weight excluding hydrogens is 210 g/mol. The number of fused-ring (bicyclic) bond motifs is 1. The summed E-state index contributed by atoms with van der Waals surface area (Å²) in [6, 6.07) is 10.2. The first kappa shape index (κ1) is 12.1. The van der Waals surface area contributed by atoms with E-state index in [1.807, 2.05) is 31.3 Å². The summed E-state index contributed by atoms with van der Waals surface area (Å²) < 4.78 is 0. The Hall–Kier alpha value is -1.41. The molecule has 0 saturated heterocycles. The van der Waals surface area contributed by atoms with Crippen LogP contribution >= 0.6 is 0 Å². The highest BCUT2D eigenvalue weighted by Crippen LogP contribution is 2.31. The lowest BCUT2D eigenvalue weighted by atomic mass is 9.85. The van der Waals surface area contributed by atoms with Crippen LogP contribution in [0.3, 0.4) is 0 Å². The third-order valence-corrected chi connectivity index (χ3v) is 3.26. The van der Waals surface area contributed by atoms with E-state index < -0.39 is 0 Å². The first-order valence-electron chi connectivity index (χ1n) is 6.13. The third-order valence-electron chi connectivity index (χ3n) is 3.26. The average Bonchev–Trinajstić information content (AvgIpc) is 2.28. The highest BCUT2D eigenvalue weighted by Gasteiger charge is 2.24. The van der Waals surface area contributed by atoms with Crippen molar-refractivity contribution in [3.8, 4) is 0 Å². The Morgan fingerprint density at radius 2 is 1.76 bits per heavy atom.